The molecular formula is C5H12O3S2. The zero-order valence-corrected chi connectivity index (χ0v) is 7.26. The zero-order valence-electron chi connectivity index (χ0n) is 5.47. The van der Waals surface area contributed by atoms with Gasteiger partial charge in [0.2, 0.25) is 0 Å². The molecule has 0 heterocycles. The third-order valence-electron chi connectivity index (χ3n) is 0.818. The smallest absolute Gasteiger partial charge is 0.106 e. The van der Waals surface area contributed by atoms with Crippen LogP contribution in [0.3, 0.4) is 0 Å². The van der Waals surface area contributed by atoms with Crippen LogP contribution in [0.15, 0.2) is 0 Å². The van der Waals surface area contributed by atoms with E-state index in [4.69, 9.17) is 15.0 Å². The van der Waals surface area contributed by atoms with E-state index in [2.05, 4.69) is 25.3 Å². The Morgan fingerprint density at radius 3 is 1.40 bits per heavy atom. The van der Waals surface area contributed by atoms with Crippen molar-refractivity contribution < 1.29 is 15.0 Å². The highest BCUT2D eigenvalue weighted by Crippen LogP contribution is 1.96. The molecule has 0 rings (SSSR count). The van der Waals surface area contributed by atoms with E-state index in [0.29, 0.717) is 0 Å². The van der Waals surface area contributed by atoms with Gasteiger partial charge in [0, 0.05) is 11.5 Å². The molecule has 2 atom stereocenters. The van der Waals surface area contributed by atoms with E-state index >= 15 is 0 Å². The molecule has 0 aliphatic heterocycles. The van der Waals surface area contributed by atoms with Gasteiger partial charge in [-0.05, 0) is 0 Å². The van der Waals surface area contributed by atoms with Gasteiger partial charge in [-0.2, -0.15) is 25.3 Å². The molecule has 5 heteroatoms. The number of aliphatic hydroxyl groups is 2. The highest BCUT2D eigenvalue weighted by atomic mass is 32.1. The Morgan fingerprint density at radius 2 is 1.30 bits per heavy atom. The van der Waals surface area contributed by atoms with Crippen molar-refractivity contribution in [2.75, 3.05) is 11.5 Å². The molecule has 0 saturated heterocycles. The van der Waals surface area contributed by atoms with E-state index in [1.54, 1.807) is 0 Å². The van der Waals surface area contributed by atoms with Crippen molar-refractivity contribution in [1.29, 1.82) is 0 Å². The van der Waals surface area contributed by atoms with E-state index < -0.39 is 12.2 Å². The number of rotatable bonds is 3. The highest BCUT2D eigenvalue weighted by molar-refractivity contribution is 7.80. The molecule has 10 heavy (non-hydrogen) atoms. The number of hydrogen-bond donors (Lipinski definition) is 4. The lowest BCUT2D eigenvalue weighted by molar-refractivity contribution is -0.0979. The first-order chi connectivity index (χ1) is 4.72. The number of thiol groups is 2. The second kappa shape index (κ2) is 9.29. The summed E-state index contributed by atoms with van der Waals surface area (Å²) >= 11 is 7.53. The Labute approximate surface area is 71.3 Å². The fourth-order valence-electron chi connectivity index (χ4n) is 0.243. The summed E-state index contributed by atoms with van der Waals surface area (Å²) in [5.74, 6) is 0.559. The molecule has 0 aromatic carbocycles. The molecule has 3 nitrogen and oxygen atoms in total. The molecule has 0 unspecified atom stereocenters. The van der Waals surface area contributed by atoms with Gasteiger partial charge in [0.25, 0.3) is 0 Å². The van der Waals surface area contributed by atoms with Gasteiger partial charge >= 0.3 is 0 Å². The predicted molar refractivity (Wildman–Crippen MR) is 46.8 cm³/mol. The van der Waals surface area contributed by atoms with Crippen LogP contribution in [-0.4, -0.2) is 40.7 Å². The van der Waals surface area contributed by atoms with E-state index in [0.717, 1.165) is 0 Å². The molecule has 0 fully saturated rings. The first-order valence-corrected chi connectivity index (χ1v) is 3.85. The van der Waals surface area contributed by atoms with Crippen LogP contribution in [0.1, 0.15) is 0 Å². The molecule has 0 spiro atoms. The summed E-state index contributed by atoms with van der Waals surface area (Å²) in [5.41, 5.74) is 0. The topological polar surface area (TPSA) is 57.5 Å². The number of hydrogen-bond acceptors (Lipinski definition) is 5. The van der Waals surface area contributed by atoms with Gasteiger partial charge in [-0.15, -0.1) is 0 Å². The van der Waals surface area contributed by atoms with Crippen LogP contribution in [0, 0.1) is 0 Å². The van der Waals surface area contributed by atoms with Crippen LogP contribution < -0.4 is 0 Å². The second-order valence-electron chi connectivity index (χ2n) is 1.50. The molecule has 62 valence electrons. The van der Waals surface area contributed by atoms with Crippen molar-refractivity contribution in [3.63, 3.8) is 0 Å². The lowest BCUT2D eigenvalue weighted by Crippen LogP contribution is -2.28. The molecule has 0 amide bonds. The largest absolute Gasteiger partial charge is 0.390 e. The summed E-state index contributed by atoms with van der Waals surface area (Å²) in [6, 6.07) is 0. The fraction of sp³-hybridized carbons (Fsp3) is 0.800. The molecule has 2 N–H and O–H groups in total. The molecule has 0 radical (unpaired) electrons. The maximum Gasteiger partial charge on any atom is 0.106 e. The second-order valence-corrected chi connectivity index (χ2v) is 2.23. The third-order valence-corrected chi connectivity index (χ3v) is 1.57. The highest BCUT2D eigenvalue weighted by Gasteiger charge is 2.10. The maximum absolute atomic E-state index is 8.75. The van der Waals surface area contributed by atoms with E-state index in [1.807, 2.05) is 6.79 Å². The van der Waals surface area contributed by atoms with Gasteiger partial charge in [-0.25, -0.2) is 0 Å². The maximum atomic E-state index is 8.75. The van der Waals surface area contributed by atoms with Gasteiger partial charge in [-0.1, -0.05) is 0 Å². The monoisotopic (exact) mass is 184 g/mol. The van der Waals surface area contributed by atoms with E-state index in [9.17, 15) is 0 Å². The lowest BCUT2D eigenvalue weighted by Gasteiger charge is -2.11. The number of carbonyl (C=O) groups is 1. The van der Waals surface area contributed by atoms with Crippen molar-refractivity contribution in [1.82, 2.24) is 0 Å². The van der Waals surface area contributed by atoms with Gasteiger partial charge < -0.3 is 15.0 Å². The van der Waals surface area contributed by atoms with Crippen LogP contribution in [0.25, 0.3) is 0 Å². The minimum absolute atomic E-state index is 0.279. The summed E-state index contributed by atoms with van der Waals surface area (Å²) in [6.07, 6.45) is -1.48. The fourth-order valence-corrected chi connectivity index (χ4v) is 0.730. The van der Waals surface area contributed by atoms with Crippen molar-refractivity contribution in [3.05, 3.63) is 0 Å². The number of aliphatic hydroxyl groups excluding tert-OH is 2. The predicted octanol–water partition coefficient (Wildman–Crippen LogP) is -0.617. The molecule has 0 bridgehead atoms. The summed E-state index contributed by atoms with van der Waals surface area (Å²) in [7, 11) is 0. The molecule has 0 aliphatic carbocycles. The Bertz CT molecular complexity index is 63.9. The average molecular weight is 184 g/mol. The minimum Gasteiger partial charge on any atom is -0.390 e. The first-order valence-electron chi connectivity index (χ1n) is 2.59. The molecule has 0 saturated carbocycles. The van der Waals surface area contributed by atoms with Gasteiger partial charge in [0.1, 0.15) is 6.79 Å². The Hall–Kier alpha value is 0.290. The molecule has 0 aromatic rings. The van der Waals surface area contributed by atoms with Crippen LogP contribution in [0.2, 0.25) is 0 Å². The summed E-state index contributed by atoms with van der Waals surface area (Å²) in [6.45, 7) is 2.00. The standard InChI is InChI=1S/C4H10O2S2.CH2O/c5-3(1-7)4(6)2-8;1-2/h3-8H,1-2H2;1H2/t3-,4-;/m1./s1. The quantitative estimate of drug-likeness (QED) is 0.442. The molecule has 0 aromatic heterocycles. The van der Waals surface area contributed by atoms with E-state index in [1.165, 1.54) is 0 Å². The van der Waals surface area contributed by atoms with Gasteiger partial charge in [0.15, 0.2) is 0 Å². The van der Waals surface area contributed by atoms with Gasteiger partial charge in [0.05, 0.1) is 12.2 Å². The summed E-state index contributed by atoms with van der Waals surface area (Å²) in [4.78, 5) is 8.00. The lowest BCUT2D eigenvalue weighted by atomic mass is 10.3. The Kier molecular flexibility index (Phi) is 12.0. The van der Waals surface area contributed by atoms with Crippen LogP contribution in [0.4, 0.5) is 0 Å². The van der Waals surface area contributed by atoms with Crippen LogP contribution in [-0.2, 0) is 4.79 Å². The van der Waals surface area contributed by atoms with Gasteiger partial charge in [-0.3, -0.25) is 0 Å². The normalized spacial score (nSPS) is 14.8. The number of carbonyl (C=O) groups excluding carboxylic acids is 1. The van der Waals surface area contributed by atoms with Crippen LogP contribution in [0.5, 0.6) is 0 Å². The average Bonchev–Trinajstić information content (AvgIpc) is 2.05. The van der Waals surface area contributed by atoms with Crippen molar-refractivity contribution in [3.8, 4) is 0 Å². The third kappa shape index (κ3) is 6.41. The van der Waals surface area contributed by atoms with E-state index in [-0.39, 0.29) is 11.5 Å². The minimum atomic E-state index is -0.740. The van der Waals surface area contributed by atoms with Crippen molar-refractivity contribution in [2.45, 2.75) is 12.2 Å². The van der Waals surface area contributed by atoms with Crippen LogP contribution >= 0.6 is 25.3 Å². The molecular weight excluding hydrogens is 172 g/mol. The Morgan fingerprint density at radius 1 is 1.10 bits per heavy atom. The van der Waals surface area contributed by atoms with Crippen molar-refractivity contribution >= 4 is 32.0 Å². The summed E-state index contributed by atoms with van der Waals surface area (Å²) in [5, 5.41) is 17.5. The zero-order chi connectivity index (χ0) is 8.57. The molecule has 0 aliphatic rings. The summed E-state index contributed by atoms with van der Waals surface area (Å²) < 4.78 is 0. The SMILES string of the molecule is C=O.O[C@H](CS)[C@H](O)CS. The first kappa shape index (κ1) is 12.9. The van der Waals surface area contributed by atoms with Crippen molar-refractivity contribution in [2.24, 2.45) is 0 Å². The Balaban J connectivity index is 0.